The van der Waals surface area contributed by atoms with Crippen molar-refractivity contribution in [3.05, 3.63) is 58.0 Å². The van der Waals surface area contributed by atoms with Gasteiger partial charge in [0, 0.05) is 16.9 Å². The van der Waals surface area contributed by atoms with Crippen molar-refractivity contribution in [1.29, 1.82) is 0 Å². The van der Waals surface area contributed by atoms with Crippen LogP contribution in [0.25, 0.3) is 22.4 Å². The Labute approximate surface area is 148 Å². The second-order valence-electron chi connectivity index (χ2n) is 5.73. The maximum Gasteiger partial charge on any atom is 0.192 e. The van der Waals surface area contributed by atoms with Gasteiger partial charge in [0.05, 0.1) is 28.6 Å². The largest absolute Gasteiger partial charge is 0.304 e. The van der Waals surface area contributed by atoms with Crippen LogP contribution in [0.2, 0.25) is 0 Å². The second-order valence-corrected chi connectivity index (χ2v) is 7.36. The average molecular weight is 418 g/mol. The normalized spacial score (nSPS) is 12.1. The maximum absolute atomic E-state index is 4.68. The summed E-state index contributed by atoms with van der Waals surface area (Å²) in [6, 6.07) is 13.5. The van der Waals surface area contributed by atoms with Gasteiger partial charge in [-0.15, -0.1) is 11.3 Å². The van der Waals surface area contributed by atoms with Gasteiger partial charge in [0.2, 0.25) is 0 Å². The number of nitrogens with one attached hydrogen (secondary N) is 1. The van der Waals surface area contributed by atoms with Crippen molar-refractivity contribution in [3.8, 4) is 22.4 Å². The number of aryl methyl sites for hydroxylation is 2. The average Bonchev–Trinajstić information content (AvgIpc) is 3.06. The van der Waals surface area contributed by atoms with Gasteiger partial charge in [-0.05, 0) is 41.7 Å². The number of nitrogens with zero attached hydrogens (tertiary/aromatic N) is 1. The molecule has 1 aromatic heterocycles. The number of anilines is 1. The van der Waals surface area contributed by atoms with Gasteiger partial charge in [-0.25, -0.2) is 4.98 Å². The minimum Gasteiger partial charge on any atom is -0.304 e. The highest BCUT2D eigenvalue weighted by Gasteiger charge is 2.23. The van der Waals surface area contributed by atoms with E-state index in [0.717, 1.165) is 17.2 Å². The summed E-state index contributed by atoms with van der Waals surface area (Å²) in [5.41, 5.74) is 9.12. The first-order valence-corrected chi connectivity index (χ1v) is 9.12. The van der Waals surface area contributed by atoms with Gasteiger partial charge < -0.3 is 3.53 Å². The number of benzene rings is 2. The van der Waals surface area contributed by atoms with E-state index >= 15 is 0 Å². The number of fused-ring (bicyclic) bond motifs is 3. The highest BCUT2D eigenvalue weighted by atomic mass is 127. The topological polar surface area (TPSA) is 24.9 Å². The molecule has 0 spiro atoms. The first-order valence-electron chi connectivity index (χ1n) is 7.23. The summed E-state index contributed by atoms with van der Waals surface area (Å²) in [5.74, 6) is 0. The maximum atomic E-state index is 4.68. The molecule has 0 fully saturated rings. The first-order chi connectivity index (χ1) is 10.7. The van der Waals surface area contributed by atoms with Gasteiger partial charge in [-0.3, -0.25) is 0 Å². The van der Waals surface area contributed by atoms with Gasteiger partial charge in [0.1, 0.15) is 0 Å². The second kappa shape index (κ2) is 5.35. The van der Waals surface area contributed by atoms with Gasteiger partial charge >= 0.3 is 0 Å². The minimum atomic E-state index is 0.995. The zero-order valence-electron chi connectivity index (χ0n) is 12.4. The quantitative estimate of drug-likeness (QED) is 0.331. The molecular formula is C18H15IN2S. The third-order valence-corrected chi connectivity index (χ3v) is 6.18. The fourth-order valence-electron chi connectivity index (χ4n) is 2.97. The monoisotopic (exact) mass is 418 g/mol. The Morgan fingerprint density at radius 3 is 2.59 bits per heavy atom. The number of thiazole rings is 1. The van der Waals surface area contributed by atoms with E-state index in [0.29, 0.717) is 0 Å². The van der Waals surface area contributed by atoms with Crippen molar-refractivity contribution in [2.24, 2.45) is 0 Å². The molecule has 4 rings (SSSR count). The third kappa shape index (κ3) is 2.25. The van der Waals surface area contributed by atoms with Gasteiger partial charge in [-0.1, -0.05) is 36.4 Å². The molecule has 0 aliphatic heterocycles. The molecule has 1 heterocycles. The fraction of sp³-hybridized carbons (Fsp3) is 0.167. The summed E-state index contributed by atoms with van der Waals surface area (Å²) >= 11 is 3.89. The zero-order chi connectivity index (χ0) is 15.3. The van der Waals surface area contributed by atoms with Crippen molar-refractivity contribution in [3.63, 3.8) is 0 Å². The molecule has 2 aromatic carbocycles. The lowest BCUT2D eigenvalue weighted by atomic mass is 9.97. The Kier molecular flexibility index (Phi) is 3.46. The Balaban J connectivity index is 1.76. The number of hydrogen-bond acceptors (Lipinski definition) is 3. The fourth-order valence-corrected chi connectivity index (χ4v) is 4.31. The molecule has 0 radical (unpaired) electrons. The van der Waals surface area contributed by atoms with Gasteiger partial charge in [0.25, 0.3) is 0 Å². The Morgan fingerprint density at radius 2 is 1.82 bits per heavy atom. The Hall–Kier alpha value is -1.40. The van der Waals surface area contributed by atoms with Crippen LogP contribution in [-0.4, -0.2) is 4.98 Å². The molecule has 0 saturated heterocycles. The summed E-state index contributed by atoms with van der Waals surface area (Å²) in [7, 11) is 0. The lowest BCUT2D eigenvalue weighted by Gasteiger charge is -2.08. The molecule has 110 valence electrons. The molecular weight excluding hydrogens is 403 g/mol. The number of aromatic nitrogens is 1. The molecule has 0 atom stereocenters. The van der Waals surface area contributed by atoms with Crippen LogP contribution < -0.4 is 3.53 Å². The van der Waals surface area contributed by atoms with E-state index in [1.807, 2.05) is 0 Å². The van der Waals surface area contributed by atoms with Crippen LogP contribution in [0.4, 0.5) is 5.13 Å². The predicted molar refractivity (Wildman–Crippen MR) is 103 cm³/mol. The van der Waals surface area contributed by atoms with Crippen LogP contribution in [-0.2, 0) is 6.42 Å². The molecule has 1 N–H and O–H groups in total. The molecule has 0 bridgehead atoms. The number of rotatable bonds is 2. The summed E-state index contributed by atoms with van der Waals surface area (Å²) in [6.45, 7) is 4.33. The van der Waals surface area contributed by atoms with Gasteiger partial charge in [0.15, 0.2) is 5.13 Å². The van der Waals surface area contributed by atoms with Crippen molar-refractivity contribution >= 4 is 39.3 Å². The first kappa shape index (κ1) is 14.2. The summed E-state index contributed by atoms with van der Waals surface area (Å²) in [4.78, 5) is 6.05. The van der Waals surface area contributed by atoms with E-state index in [1.54, 1.807) is 11.3 Å². The Morgan fingerprint density at radius 1 is 1.05 bits per heavy atom. The summed E-state index contributed by atoms with van der Waals surface area (Å²) < 4.78 is 3.11. The lowest BCUT2D eigenvalue weighted by molar-refractivity contribution is 1.30. The molecule has 0 amide bonds. The SMILES string of the molecule is Cc1ccc(-c2ccc3c(c2)Cc2sc(NI)nc2-3)cc1C. The van der Waals surface area contributed by atoms with E-state index in [2.05, 4.69) is 81.6 Å². The van der Waals surface area contributed by atoms with Crippen molar-refractivity contribution in [2.75, 3.05) is 3.53 Å². The van der Waals surface area contributed by atoms with Crippen LogP contribution >= 0.6 is 34.2 Å². The molecule has 0 saturated carbocycles. The highest BCUT2D eigenvalue weighted by Crippen LogP contribution is 2.42. The van der Waals surface area contributed by atoms with Crippen LogP contribution in [0.1, 0.15) is 21.6 Å². The molecule has 22 heavy (non-hydrogen) atoms. The smallest absolute Gasteiger partial charge is 0.192 e. The highest BCUT2D eigenvalue weighted by molar-refractivity contribution is 14.1. The third-order valence-electron chi connectivity index (χ3n) is 4.33. The van der Waals surface area contributed by atoms with Crippen LogP contribution in [0.15, 0.2) is 36.4 Å². The Bertz CT molecular complexity index is 883. The summed E-state index contributed by atoms with van der Waals surface area (Å²) in [6.07, 6.45) is 0.999. The van der Waals surface area contributed by atoms with Crippen molar-refractivity contribution < 1.29 is 0 Å². The van der Waals surface area contributed by atoms with Crippen LogP contribution in [0.3, 0.4) is 0 Å². The van der Waals surface area contributed by atoms with E-state index in [4.69, 9.17) is 0 Å². The number of hydrogen-bond donors (Lipinski definition) is 1. The molecule has 1 aliphatic rings. The summed E-state index contributed by atoms with van der Waals surface area (Å²) in [5, 5.41) is 0.995. The van der Waals surface area contributed by atoms with Crippen LogP contribution in [0.5, 0.6) is 0 Å². The molecule has 3 aromatic rings. The molecule has 1 aliphatic carbocycles. The van der Waals surface area contributed by atoms with Crippen LogP contribution in [0, 0.1) is 13.8 Å². The van der Waals surface area contributed by atoms with E-state index in [-0.39, 0.29) is 0 Å². The minimum absolute atomic E-state index is 0.995. The van der Waals surface area contributed by atoms with E-state index in [1.165, 1.54) is 38.3 Å². The molecule has 4 heteroatoms. The van der Waals surface area contributed by atoms with Crippen molar-refractivity contribution in [1.82, 2.24) is 4.98 Å². The van der Waals surface area contributed by atoms with E-state index in [9.17, 15) is 0 Å². The standard InChI is InChI=1S/C18H15IN2S/c1-10-3-4-12(7-11(10)2)13-5-6-15-14(8-13)9-16-17(15)20-18(21-19)22-16/h3-8H,9H2,1-2H3,(H,20,21). The predicted octanol–water partition coefficient (Wildman–Crippen LogP) is 5.76. The molecule has 2 nitrogen and oxygen atoms in total. The van der Waals surface area contributed by atoms with E-state index < -0.39 is 0 Å². The van der Waals surface area contributed by atoms with Crippen molar-refractivity contribution in [2.45, 2.75) is 20.3 Å². The zero-order valence-corrected chi connectivity index (χ0v) is 15.4. The lowest BCUT2D eigenvalue weighted by Crippen LogP contribution is -1.87. The molecule has 0 unspecified atom stereocenters. The van der Waals surface area contributed by atoms with Gasteiger partial charge in [-0.2, -0.15) is 0 Å². The number of halogens is 1.